The van der Waals surface area contributed by atoms with Crippen LogP contribution in [-0.4, -0.2) is 35.4 Å². The smallest absolute Gasteiger partial charge is 0.255 e. The summed E-state index contributed by atoms with van der Waals surface area (Å²) < 4.78 is 0. The van der Waals surface area contributed by atoms with Gasteiger partial charge in [0.25, 0.3) is 5.91 Å². The molecule has 4 heteroatoms. The van der Waals surface area contributed by atoms with E-state index in [1.807, 2.05) is 4.90 Å². The number of carbonyl (C=O) groups excluding carboxylic acids is 1. The molecule has 1 aromatic heterocycles. The Morgan fingerprint density at radius 2 is 2.22 bits per heavy atom. The Balaban J connectivity index is 2.82. The Morgan fingerprint density at radius 3 is 2.72 bits per heavy atom. The Kier molecular flexibility index (Phi) is 5.28. The molecule has 0 radical (unpaired) electrons. The van der Waals surface area contributed by atoms with Crippen molar-refractivity contribution < 1.29 is 4.79 Å². The van der Waals surface area contributed by atoms with Crippen LogP contribution in [0.1, 0.15) is 37.6 Å². The molecule has 0 bridgehead atoms. The highest BCUT2D eigenvalue weighted by Crippen LogP contribution is 2.17. The Morgan fingerprint density at radius 1 is 1.50 bits per heavy atom. The van der Waals surface area contributed by atoms with Crippen molar-refractivity contribution in [2.45, 2.75) is 27.2 Å². The van der Waals surface area contributed by atoms with Gasteiger partial charge in [-0.25, -0.2) is 0 Å². The Labute approximate surface area is 109 Å². The molecule has 100 valence electrons. The van der Waals surface area contributed by atoms with Crippen LogP contribution in [0.3, 0.4) is 0 Å². The average molecular weight is 249 g/mol. The molecule has 0 aliphatic rings. The second kappa shape index (κ2) is 6.50. The minimum atomic E-state index is -0.0625. The summed E-state index contributed by atoms with van der Waals surface area (Å²) in [5.41, 5.74) is 6.31. The van der Waals surface area contributed by atoms with Crippen LogP contribution in [0.5, 0.6) is 0 Å². The summed E-state index contributed by atoms with van der Waals surface area (Å²) >= 11 is 0. The molecule has 0 saturated carbocycles. The third-order valence-electron chi connectivity index (χ3n) is 2.86. The van der Waals surface area contributed by atoms with Crippen LogP contribution >= 0.6 is 0 Å². The average Bonchev–Trinajstić information content (AvgIpc) is 2.38. The highest BCUT2D eigenvalue weighted by atomic mass is 16.2. The van der Waals surface area contributed by atoms with Gasteiger partial charge < -0.3 is 10.6 Å². The summed E-state index contributed by atoms with van der Waals surface area (Å²) in [6, 6.07) is 3.58. The first-order valence-electron chi connectivity index (χ1n) is 6.39. The van der Waals surface area contributed by atoms with Crippen molar-refractivity contribution in [1.82, 2.24) is 9.88 Å². The molecule has 0 aliphatic heterocycles. The van der Waals surface area contributed by atoms with Crippen molar-refractivity contribution >= 4 is 5.91 Å². The lowest BCUT2D eigenvalue weighted by Crippen LogP contribution is -2.42. The summed E-state index contributed by atoms with van der Waals surface area (Å²) in [6.45, 7) is 8.20. The number of aromatic nitrogens is 1. The van der Waals surface area contributed by atoms with E-state index in [-0.39, 0.29) is 11.3 Å². The summed E-state index contributed by atoms with van der Waals surface area (Å²) in [5, 5.41) is 0. The maximum atomic E-state index is 12.4. The number of amides is 1. The van der Waals surface area contributed by atoms with Crippen molar-refractivity contribution in [3.05, 3.63) is 30.1 Å². The Hall–Kier alpha value is -1.42. The number of hydrogen-bond donors (Lipinski definition) is 1. The molecule has 4 nitrogen and oxygen atoms in total. The van der Waals surface area contributed by atoms with Crippen LogP contribution in [-0.2, 0) is 0 Å². The predicted octanol–water partition coefficient (Wildman–Crippen LogP) is 1.92. The molecule has 1 rings (SSSR count). The maximum absolute atomic E-state index is 12.4. The van der Waals surface area contributed by atoms with Crippen LogP contribution in [0, 0.1) is 5.41 Å². The van der Waals surface area contributed by atoms with Crippen molar-refractivity contribution in [2.24, 2.45) is 11.1 Å². The Bertz CT molecular complexity index is 376. The molecule has 1 aromatic rings. The molecular weight excluding hydrogens is 226 g/mol. The third kappa shape index (κ3) is 4.11. The molecule has 1 heterocycles. The van der Waals surface area contributed by atoms with Crippen LogP contribution in [0.25, 0.3) is 0 Å². The van der Waals surface area contributed by atoms with Gasteiger partial charge in [-0.2, -0.15) is 0 Å². The van der Waals surface area contributed by atoms with Gasteiger partial charge in [-0.3, -0.25) is 9.78 Å². The molecule has 0 aromatic carbocycles. The van der Waals surface area contributed by atoms with Gasteiger partial charge in [-0.1, -0.05) is 20.8 Å². The molecule has 0 atom stereocenters. The van der Waals surface area contributed by atoms with Crippen molar-refractivity contribution in [3.63, 3.8) is 0 Å². The van der Waals surface area contributed by atoms with E-state index >= 15 is 0 Å². The standard InChI is InChI=1S/C14H23N3O/c1-4-8-17(11-14(2,3)10-15)13(18)12-6-5-7-16-9-12/h5-7,9H,4,8,10-11,15H2,1-3H3. The van der Waals surface area contributed by atoms with Gasteiger partial charge >= 0.3 is 0 Å². The second-order valence-electron chi connectivity index (χ2n) is 5.34. The first-order valence-corrected chi connectivity index (χ1v) is 6.39. The number of pyridine rings is 1. The summed E-state index contributed by atoms with van der Waals surface area (Å²) in [4.78, 5) is 18.2. The van der Waals surface area contributed by atoms with Gasteiger partial charge in [0, 0.05) is 25.5 Å². The van der Waals surface area contributed by atoms with Crippen molar-refractivity contribution in [2.75, 3.05) is 19.6 Å². The van der Waals surface area contributed by atoms with Crippen LogP contribution in [0.4, 0.5) is 0 Å². The zero-order valence-electron chi connectivity index (χ0n) is 11.5. The third-order valence-corrected chi connectivity index (χ3v) is 2.86. The minimum absolute atomic E-state index is 0.0338. The van der Waals surface area contributed by atoms with Gasteiger partial charge in [0.05, 0.1) is 5.56 Å². The van der Waals surface area contributed by atoms with Crippen LogP contribution < -0.4 is 5.73 Å². The van der Waals surface area contributed by atoms with Gasteiger partial charge in [-0.05, 0) is 30.5 Å². The SMILES string of the molecule is CCCN(CC(C)(C)CN)C(=O)c1cccnc1. The minimum Gasteiger partial charge on any atom is -0.338 e. The van der Waals surface area contributed by atoms with E-state index in [1.54, 1.807) is 24.5 Å². The van der Waals surface area contributed by atoms with E-state index in [0.29, 0.717) is 18.7 Å². The molecule has 0 saturated heterocycles. The molecule has 1 amide bonds. The molecule has 0 spiro atoms. The summed E-state index contributed by atoms with van der Waals surface area (Å²) in [5.74, 6) is 0.0338. The largest absolute Gasteiger partial charge is 0.338 e. The van der Waals surface area contributed by atoms with Crippen LogP contribution in [0.2, 0.25) is 0 Å². The second-order valence-corrected chi connectivity index (χ2v) is 5.34. The zero-order chi connectivity index (χ0) is 13.6. The van der Waals surface area contributed by atoms with Crippen LogP contribution in [0.15, 0.2) is 24.5 Å². The van der Waals surface area contributed by atoms with E-state index < -0.39 is 0 Å². The number of nitrogens with two attached hydrogens (primary N) is 1. The summed E-state index contributed by atoms with van der Waals surface area (Å²) in [6.07, 6.45) is 4.22. The lowest BCUT2D eigenvalue weighted by atomic mass is 9.92. The van der Waals surface area contributed by atoms with Crippen molar-refractivity contribution in [1.29, 1.82) is 0 Å². The van der Waals surface area contributed by atoms with Gasteiger partial charge in [0.15, 0.2) is 0 Å². The van der Waals surface area contributed by atoms with Gasteiger partial charge in [0.2, 0.25) is 0 Å². The molecule has 0 aliphatic carbocycles. The first kappa shape index (κ1) is 14.6. The molecular formula is C14H23N3O. The summed E-state index contributed by atoms with van der Waals surface area (Å²) in [7, 11) is 0. The quantitative estimate of drug-likeness (QED) is 0.838. The highest BCUT2D eigenvalue weighted by molar-refractivity contribution is 5.93. The van der Waals surface area contributed by atoms with E-state index in [2.05, 4.69) is 25.8 Å². The number of hydrogen-bond acceptors (Lipinski definition) is 3. The van der Waals surface area contributed by atoms with Gasteiger partial charge in [0.1, 0.15) is 0 Å². The topological polar surface area (TPSA) is 59.2 Å². The molecule has 0 unspecified atom stereocenters. The lowest BCUT2D eigenvalue weighted by Gasteiger charge is -2.31. The number of nitrogens with zero attached hydrogens (tertiary/aromatic N) is 2. The van der Waals surface area contributed by atoms with E-state index in [4.69, 9.17) is 5.73 Å². The molecule has 0 fully saturated rings. The number of carbonyl (C=O) groups is 1. The van der Waals surface area contributed by atoms with E-state index in [0.717, 1.165) is 13.0 Å². The normalized spacial score (nSPS) is 11.3. The predicted molar refractivity (Wildman–Crippen MR) is 73.3 cm³/mol. The fourth-order valence-corrected chi connectivity index (χ4v) is 1.78. The zero-order valence-corrected chi connectivity index (χ0v) is 11.5. The lowest BCUT2D eigenvalue weighted by molar-refractivity contribution is 0.0689. The van der Waals surface area contributed by atoms with E-state index in [9.17, 15) is 4.79 Å². The molecule has 2 N–H and O–H groups in total. The highest BCUT2D eigenvalue weighted by Gasteiger charge is 2.24. The van der Waals surface area contributed by atoms with Crippen molar-refractivity contribution in [3.8, 4) is 0 Å². The molecule has 18 heavy (non-hydrogen) atoms. The fraction of sp³-hybridized carbons (Fsp3) is 0.571. The van der Waals surface area contributed by atoms with E-state index in [1.165, 1.54) is 0 Å². The number of rotatable bonds is 6. The monoisotopic (exact) mass is 249 g/mol. The first-order chi connectivity index (χ1) is 8.50. The maximum Gasteiger partial charge on any atom is 0.255 e. The fourth-order valence-electron chi connectivity index (χ4n) is 1.78. The van der Waals surface area contributed by atoms with Gasteiger partial charge in [-0.15, -0.1) is 0 Å².